The fraction of sp³-hybridized carbons (Fsp3) is 0.632. The van der Waals surface area contributed by atoms with Gasteiger partial charge in [0, 0.05) is 27.0 Å². The van der Waals surface area contributed by atoms with Gasteiger partial charge in [0.05, 0.1) is 23.5 Å². The van der Waals surface area contributed by atoms with Crippen LogP contribution in [0.1, 0.15) is 19.3 Å². The number of ether oxygens (including phenoxy) is 2. The Morgan fingerprint density at radius 1 is 1.30 bits per heavy atom. The summed E-state index contributed by atoms with van der Waals surface area (Å²) in [4.78, 5) is 14.9. The van der Waals surface area contributed by atoms with Crippen LogP contribution in [0.3, 0.4) is 0 Å². The van der Waals surface area contributed by atoms with E-state index in [2.05, 4.69) is 5.32 Å². The topological polar surface area (TPSA) is 84.9 Å². The Bertz CT molecular complexity index is 724. The second-order valence-electron chi connectivity index (χ2n) is 7.14. The van der Waals surface area contributed by atoms with Gasteiger partial charge in [-0.3, -0.25) is 4.79 Å². The van der Waals surface area contributed by atoms with Crippen LogP contribution in [0.2, 0.25) is 0 Å². The molecule has 7 nitrogen and oxygen atoms in total. The molecule has 1 saturated heterocycles. The summed E-state index contributed by atoms with van der Waals surface area (Å²) >= 11 is 0. The number of benzene rings is 1. The van der Waals surface area contributed by atoms with Crippen LogP contribution >= 0.6 is 0 Å². The van der Waals surface area contributed by atoms with Gasteiger partial charge in [-0.25, -0.2) is 8.42 Å². The number of carbonyl (C=O) groups is 1. The summed E-state index contributed by atoms with van der Waals surface area (Å²) < 4.78 is 34.2. The van der Waals surface area contributed by atoms with E-state index in [1.54, 1.807) is 30.2 Å². The number of piperidine rings is 1. The number of sulfone groups is 1. The van der Waals surface area contributed by atoms with E-state index in [-0.39, 0.29) is 10.8 Å². The maximum Gasteiger partial charge on any atom is 0.230 e. The number of hydrogen-bond acceptors (Lipinski definition) is 6. The Hall–Kier alpha value is -1.64. The third-order valence-corrected chi connectivity index (χ3v) is 6.03. The molecule has 1 aromatic rings. The standard InChI is InChI=1S/C19H30N2O5S/c1-21(18(22)19(15-25-2)8-10-20-11-9-19)12-5-13-26-16-6-4-7-17(14-16)27(3,23)24/h4,6-7,14,20H,5,8-13,15H2,1-3H3. The quantitative estimate of drug-likeness (QED) is 0.632. The van der Waals surface area contributed by atoms with Crippen molar-refractivity contribution in [3.63, 3.8) is 0 Å². The highest BCUT2D eigenvalue weighted by Crippen LogP contribution is 2.31. The van der Waals surface area contributed by atoms with E-state index in [4.69, 9.17) is 9.47 Å². The summed E-state index contributed by atoms with van der Waals surface area (Å²) in [5.74, 6) is 0.631. The number of nitrogens with zero attached hydrogens (tertiary/aromatic N) is 1. The highest BCUT2D eigenvalue weighted by atomic mass is 32.2. The van der Waals surface area contributed by atoms with Crippen LogP contribution in [0.5, 0.6) is 5.75 Å². The molecule has 0 radical (unpaired) electrons. The van der Waals surface area contributed by atoms with Gasteiger partial charge in [-0.2, -0.15) is 0 Å². The first-order valence-corrected chi connectivity index (χ1v) is 11.1. The van der Waals surface area contributed by atoms with Gasteiger partial charge in [-0.05, 0) is 50.6 Å². The van der Waals surface area contributed by atoms with Gasteiger partial charge in [0.1, 0.15) is 5.75 Å². The second-order valence-corrected chi connectivity index (χ2v) is 9.15. The van der Waals surface area contributed by atoms with Crippen molar-refractivity contribution in [2.75, 3.05) is 53.3 Å². The van der Waals surface area contributed by atoms with Crippen LogP contribution in [0.15, 0.2) is 29.2 Å². The molecule has 0 saturated carbocycles. The van der Waals surface area contributed by atoms with E-state index in [1.165, 1.54) is 12.3 Å². The van der Waals surface area contributed by atoms with E-state index in [1.807, 2.05) is 7.05 Å². The monoisotopic (exact) mass is 398 g/mol. The van der Waals surface area contributed by atoms with Gasteiger partial charge in [0.25, 0.3) is 0 Å². The molecule has 152 valence electrons. The SMILES string of the molecule is COCC1(C(=O)N(C)CCCOc2cccc(S(C)(=O)=O)c2)CCNCC1. The molecular weight excluding hydrogens is 368 g/mol. The minimum absolute atomic E-state index is 0.116. The molecule has 0 atom stereocenters. The minimum atomic E-state index is -3.26. The lowest BCUT2D eigenvalue weighted by Crippen LogP contribution is -2.50. The first-order chi connectivity index (χ1) is 12.8. The van der Waals surface area contributed by atoms with E-state index in [9.17, 15) is 13.2 Å². The largest absolute Gasteiger partial charge is 0.493 e. The molecule has 1 heterocycles. The summed E-state index contributed by atoms with van der Waals surface area (Å²) in [5.41, 5.74) is -0.445. The average Bonchev–Trinajstić information content (AvgIpc) is 2.65. The highest BCUT2D eigenvalue weighted by molar-refractivity contribution is 7.90. The van der Waals surface area contributed by atoms with Crippen LogP contribution in [-0.4, -0.2) is 72.5 Å². The summed E-state index contributed by atoms with van der Waals surface area (Å²) in [6, 6.07) is 6.45. The first kappa shape index (κ1) is 21.7. The van der Waals surface area contributed by atoms with E-state index >= 15 is 0 Å². The van der Waals surface area contributed by atoms with Crippen molar-refractivity contribution in [3.8, 4) is 5.75 Å². The summed E-state index contributed by atoms with van der Waals surface area (Å²) in [7, 11) is 0.191. The van der Waals surface area contributed by atoms with E-state index < -0.39 is 15.3 Å². The van der Waals surface area contributed by atoms with Gasteiger partial charge in [0.2, 0.25) is 5.91 Å². The number of amides is 1. The summed E-state index contributed by atoms with van der Waals surface area (Å²) in [5, 5.41) is 3.29. The van der Waals surface area contributed by atoms with Crippen molar-refractivity contribution in [2.24, 2.45) is 5.41 Å². The fourth-order valence-electron chi connectivity index (χ4n) is 3.39. The highest BCUT2D eigenvalue weighted by Gasteiger charge is 2.41. The van der Waals surface area contributed by atoms with Crippen molar-refractivity contribution in [2.45, 2.75) is 24.2 Å². The van der Waals surface area contributed by atoms with E-state index in [0.29, 0.717) is 31.9 Å². The molecule has 1 aromatic carbocycles. The lowest BCUT2D eigenvalue weighted by Gasteiger charge is -2.38. The third kappa shape index (κ3) is 5.92. The van der Waals surface area contributed by atoms with E-state index in [0.717, 1.165) is 25.9 Å². The molecule has 0 aromatic heterocycles. The molecule has 0 bridgehead atoms. The van der Waals surface area contributed by atoms with Gasteiger partial charge in [-0.1, -0.05) is 6.07 Å². The first-order valence-electron chi connectivity index (χ1n) is 9.17. The Balaban J connectivity index is 1.85. The molecule has 0 aliphatic carbocycles. The molecule has 2 rings (SSSR count). The van der Waals surface area contributed by atoms with Crippen molar-refractivity contribution >= 4 is 15.7 Å². The molecule has 1 amide bonds. The third-order valence-electron chi connectivity index (χ3n) is 4.92. The number of hydrogen-bond donors (Lipinski definition) is 1. The Kier molecular flexibility index (Phi) is 7.64. The van der Waals surface area contributed by atoms with Crippen LogP contribution in [0.25, 0.3) is 0 Å². The van der Waals surface area contributed by atoms with Crippen LogP contribution in [0, 0.1) is 5.41 Å². The smallest absolute Gasteiger partial charge is 0.230 e. The lowest BCUT2D eigenvalue weighted by molar-refractivity contribution is -0.146. The zero-order chi connectivity index (χ0) is 19.9. The van der Waals surface area contributed by atoms with Crippen LogP contribution < -0.4 is 10.1 Å². The van der Waals surface area contributed by atoms with Crippen LogP contribution in [-0.2, 0) is 19.4 Å². The zero-order valence-electron chi connectivity index (χ0n) is 16.4. The molecule has 0 spiro atoms. The van der Waals surface area contributed by atoms with Gasteiger partial charge in [0.15, 0.2) is 9.84 Å². The Morgan fingerprint density at radius 2 is 2.00 bits per heavy atom. The Morgan fingerprint density at radius 3 is 2.63 bits per heavy atom. The molecular formula is C19H30N2O5S. The summed E-state index contributed by atoms with van der Waals surface area (Å²) in [6.07, 6.45) is 3.38. The maximum absolute atomic E-state index is 12.9. The molecule has 1 fully saturated rings. The lowest BCUT2D eigenvalue weighted by atomic mass is 9.78. The molecule has 1 aliphatic heterocycles. The number of rotatable bonds is 9. The van der Waals surface area contributed by atoms with Crippen molar-refractivity contribution in [1.82, 2.24) is 10.2 Å². The fourth-order valence-corrected chi connectivity index (χ4v) is 4.05. The molecule has 1 N–H and O–H groups in total. The molecule has 1 aliphatic rings. The molecule has 27 heavy (non-hydrogen) atoms. The predicted molar refractivity (Wildman–Crippen MR) is 104 cm³/mol. The van der Waals surface area contributed by atoms with Crippen LogP contribution in [0.4, 0.5) is 0 Å². The zero-order valence-corrected chi connectivity index (χ0v) is 17.2. The van der Waals surface area contributed by atoms with Gasteiger partial charge in [-0.15, -0.1) is 0 Å². The Labute approximate surface area is 161 Å². The van der Waals surface area contributed by atoms with Gasteiger partial charge < -0.3 is 19.7 Å². The minimum Gasteiger partial charge on any atom is -0.493 e. The normalized spacial score (nSPS) is 16.7. The number of methoxy groups -OCH3 is 1. The average molecular weight is 399 g/mol. The molecule has 8 heteroatoms. The number of carbonyl (C=O) groups excluding carboxylic acids is 1. The van der Waals surface area contributed by atoms with Crippen molar-refractivity contribution in [1.29, 1.82) is 0 Å². The summed E-state index contributed by atoms with van der Waals surface area (Å²) in [6.45, 7) is 3.06. The van der Waals surface area contributed by atoms with Gasteiger partial charge >= 0.3 is 0 Å². The number of nitrogens with one attached hydrogen (secondary N) is 1. The van der Waals surface area contributed by atoms with Crippen molar-refractivity contribution in [3.05, 3.63) is 24.3 Å². The molecule has 0 unspecified atom stereocenters. The maximum atomic E-state index is 12.9. The second kappa shape index (κ2) is 9.52. The van der Waals surface area contributed by atoms with Crippen molar-refractivity contribution < 1.29 is 22.7 Å². The predicted octanol–water partition coefficient (Wildman–Crippen LogP) is 1.33.